The van der Waals surface area contributed by atoms with Crippen LogP contribution in [0.5, 0.6) is 5.75 Å². The van der Waals surface area contributed by atoms with Crippen molar-refractivity contribution in [2.45, 2.75) is 0 Å². The van der Waals surface area contributed by atoms with Crippen LogP contribution >= 0.6 is 12.2 Å². The van der Waals surface area contributed by atoms with Crippen molar-refractivity contribution in [3.63, 3.8) is 0 Å². The zero-order chi connectivity index (χ0) is 22.8. The fourth-order valence-electron chi connectivity index (χ4n) is 3.68. The fourth-order valence-corrected chi connectivity index (χ4v) is 3.98. The molecule has 3 aromatic carbocycles. The molecule has 1 aliphatic rings. The predicted molar refractivity (Wildman–Crippen MR) is 133 cm³/mol. The molecule has 33 heavy (non-hydrogen) atoms. The summed E-state index contributed by atoms with van der Waals surface area (Å²) < 4.78 is 7.02. The predicted octanol–water partition coefficient (Wildman–Crippen LogP) is 4.81. The van der Waals surface area contributed by atoms with Gasteiger partial charge in [-0.3, -0.25) is 9.69 Å². The molecular formula is C26H20N4O2S. The van der Waals surface area contributed by atoms with Crippen LogP contribution in [0.2, 0.25) is 0 Å². The molecule has 7 heteroatoms. The molecule has 0 saturated carbocycles. The molecule has 1 N–H and O–H groups in total. The number of hydrogen-bond donors (Lipinski definition) is 1. The zero-order valence-corrected chi connectivity index (χ0v) is 18.6. The molecule has 6 nitrogen and oxygen atoms in total. The molecule has 1 amide bonds. The average molecular weight is 453 g/mol. The summed E-state index contributed by atoms with van der Waals surface area (Å²) in [6.07, 6.45) is 3.71. The second kappa shape index (κ2) is 8.72. The van der Waals surface area contributed by atoms with Crippen LogP contribution in [-0.4, -0.2) is 27.9 Å². The number of para-hydroxylation sites is 1. The number of methoxy groups -OCH3 is 1. The third-order valence-electron chi connectivity index (χ3n) is 5.32. The maximum absolute atomic E-state index is 13.2. The lowest BCUT2D eigenvalue weighted by Gasteiger charge is -2.14. The van der Waals surface area contributed by atoms with Gasteiger partial charge >= 0.3 is 0 Å². The Morgan fingerprint density at radius 2 is 1.58 bits per heavy atom. The van der Waals surface area contributed by atoms with E-state index in [9.17, 15) is 4.79 Å². The van der Waals surface area contributed by atoms with E-state index in [2.05, 4.69) is 5.32 Å². The van der Waals surface area contributed by atoms with Gasteiger partial charge in [-0.25, -0.2) is 4.68 Å². The Kier molecular flexibility index (Phi) is 5.46. The molecule has 1 saturated heterocycles. The van der Waals surface area contributed by atoms with Crippen LogP contribution in [0.3, 0.4) is 0 Å². The Morgan fingerprint density at radius 1 is 0.909 bits per heavy atom. The zero-order valence-electron chi connectivity index (χ0n) is 17.8. The van der Waals surface area contributed by atoms with E-state index >= 15 is 0 Å². The maximum atomic E-state index is 13.2. The molecule has 0 unspecified atom stereocenters. The summed E-state index contributed by atoms with van der Waals surface area (Å²) >= 11 is 5.46. The van der Waals surface area contributed by atoms with Gasteiger partial charge in [-0.05, 0) is 54.7 Å². The Hall–Kier alpha value is -4.23. The number of nitrogens with zero attached hydrogens (tertiary/aromatic N) is 3. The van der Waals surface area contributed by atoms with Crippen molar-refractivity contribution in [3.8, 4) is 22.7 Å². The largest absolute Gasteiger partial charge is 0.497 e. The van der Waals surface area contributed by atoms with E-state index < -0.39 is 0 Å². The summed E-state index contributed by atoms with van der Waals surface area (Å²) in [5.41, 5.74) is 4.53. The average Bonchev–Trinajstić information content (AvgIpc) is 3.41. The number of benzene rings is 3. The molecule has 0 spiro atoms. The molecule has 0 radical (unpaired) electrons. The van der Waals surface area contributed by atoms with Crippen LogP contribution in [0, 0.1) is 0 Å². The minimum atomic E-state index is -0.225. The summed E-state index contributed by atoms with van der Waals surface area (Å²) in [4.78, 5) is 14.7. The van der Waals surface area contributed by atoms with E-state index in [-0.39, 0.29) is 5.91 Å². The second-order valence-electron chi connectivity index (χ2n) is 7.41. The summed E-state index contributed by atoms with van der Waals surface area (Å²) in [7, 11) is 1.60. The van der Waals surface area contributed by atoms with Gasteiger partial charge in [0.05, 0.1) is 18.5 Å². The van der Waals surface area contributed by atoms with Crippen molar-refractivity contribution in [3.05, 3.63) is 102 Å². The first-order valence-electron chi connectivity index (χ1n) is 10.4. The SMILES string of the molecule is COc1ccc(N2C(=O)C(=Cc3cn(-c4ccccc4)nc3-c3ccccc3)NC2=S)cc1. The van der Waals surface area contributed by atoms with Crippen molar-refractivity contribution in [2.24, 2.45) is 0 Å². The molecule has 2 heterocycles. The standard InChI is InChI=1S/C26H20N4O2S/c1-32-22-14-12-21(13-15-22)30-25(31)23(27-26(30)33)16-19-17-29(20-10-6-3-7-11-20)28-24(19)18-8-4-2-5-9-18/h2-17H,1H3,(H,27,33). The summed E-state index contributed by atoms with van der Waals surface area (Å²) in [5.74, 6) is 0.484. The summed E-state index contributed by atoms with van der Waals surface area (Å²) in [6.45, 7) is 0. The number of aromatic nitrogens is 2. The molecule has 0 atom stereocenters. The van der Waals surface area contributed by atoms with Gasteiger partial charge in [-0.1, -0.05) is 48.5 Å². The minimum absolute atomic E-state index is 0.225. The molecule has 4 aromatic rings. The Morgan fingerprint density at radius 3 is 2.24 bits per heavy atom. The third-order valence-corrected chi connectivity index (χ3v) is 5.60. The number of carbonyl (C=O) groups excluding carboxylic acids is 1. The maximum Gasteiger partial charge on any atom is 0.281 e. The van der Waals surface area contributed by atoms with Gasteiger partial charge in [0.2, 0.25) is 0 Å². The second-order valence-corrected chi connectivity index (χ2v) is 7.79. The van der Waals surface area contributed by atoms with E-state index in [4.69, 9.17) is 22.1 Å². The number of carbonyl (C=O) groups is 1. The normalized spacial score (nSPS) is 14.6. The van der Waals surface area contributed by atoms with Crippen LogP contribution in [-0.2, 0) is 4.79 Å². The molecule has 1 fully saturated rings. The van der Waals surface area contributed by atoms with Crippen LogP contribution < -0.4 is 15.0 Å². The topological polar surface area (TPSA) is 59.4 Å². The van der Waals surface area contributed by atoms with E-state index in [1.807, 2.05) is 71.5 Å². The van der Waals surface area contributed by atoms with Gasteiger partial charge in [0, 0.05) is 17.3 Å². The van der Waals surface area contributed by atoms with Gasteiger partial charge < -0.3 is 10.1 Å². The van der Waals surface area contributed by atoms with Crippen molar-refractivity contribution >= 4 is 35.0 Å². The minimum Gasteiger partial charge on any atom is -0.497 e. The van der Waals surface area contributed by atoms with Crippen LogP contribution in [0.25, 0.3) is 23.0 Å². The number of ether oxygens (including phenoxy) is 1. The number of thiocarbonyl (C=S) groups is 1. The van der Waals surface area contributed by atoms with Crippen molar-refractivity contribution in [2.75, 3.05) is 12.0 Å². The number of anilines is 1. The highest BCUT2D eigenvalue weighted by atomic mass is 32.1. The van der Waals surface area contributed by atoms with Gasteiger partial charge in [0.1, 0.15) is 17.1 Å². The number of amides is 1. The molecule has 5 rings (SSSR count). The smallest absolute Gasteiger partial charge is 0.281 e. The molecule has 0 bridgehead atoms. The Bertz CT molecular complexity index is 1350. The fraction of sp³-hybridized carbons (Fsp3) is 0.0385. The highest BCUT2D eigenvalue weighted by molar-refractivity contribution is 7.80. The quantitative estimate of drug-likeness (QED) is 0.348. The monoisotopic (exact) mass is 452 g/mol. The Balaban J connectivity index is 1.55. The van der Waals surface area contributed by atoms with Crippen LogP contribution in [0.15, 0.2) is 96.8 Å². The van der Waals surface area contributed by atoms with Gasteiger partial charge in [-0.2, -0.15) is 5.10 Å². The van der Waals surface area contributed by atoms with E-state index in [0.717, 1.165) is 22.5 Å². The van der Waals surface area contributed by atoms with Gasteiger partial charge in [0.25, 0.3) is 5.91 Å². The molecule has 1 aromatic heterocycles. The highest BCUT2D eigenvalue weighted by Gasteiger charge is 2.32. The van der Waals surface area contributed by atoms with E-state index in [0.29, 0.717) is 22.2 Å². The first-order chi connectivity index (χ1) is 16.1. The number of nitrogens with one attached hydrogen (secondary N) is 1. The highest BCUT2D eigenvalue weighted by Crippen LogP contribution is 2.28. The van der Waals surface area contributed by atoms with Crippen molar-refractivity contribution in [1.82, 2.24) is 15.1 Å². The molecular weight excluding hydrogens is 432 g/mol. The van der Waals surface area contributed by atoms with Gasteiger partial charge in [0.15, 0.2) is 5.11 Å². The molecule has 0 aliphatic carbocycles. The van der Waals surface area contributed by atoms with Gasteiger partial charge in [-0.15, -0.1) is 0 Å². The first-order valence-corrected chi connectivity index (χ1v) is 10.8. The van der Waals surface area contributed by atoms with Crippen molar-refractivity contribution in [1.29, 1.82) is 0 Å². The van der Waals surface area contributed by atoms with Crippen LogP contribution in [0.1, 0.15) is 5.56 Å². The number of rotatable bonds is 5. The lowest BCUT2D eigenvalue weighted by molar-refractivity contribution is -0.113. The van der Waals surface area contributed by atoms with E-state index in [1.54, 1.807) is 37.5 Å². The lowest BCUT2D eigenvalue weighted by atomic mass is 10.1. The lowest BCUT2D eigenvalue weighted by Crippen LogP contribution is -2.30. The van der Waals surface area contributed by atoms with Crippen molar-refractivity contribution < 1.29 is 9.53 Å². The number of hydrogen-bond acceptors (Lipinski definition) is 4. The first kappa shape index (κ1) is 20.7. The van der Waals surface area contributed by atoms with Crippen LogP contribution in [0.4, 0.5) is 5.69 Å². The van der Waals surface area contributed by atoms with E-state index in [1.165, 1.54) is 4.90 Å². The molecule has 162 valence electrons. The summed E-state index contributed by atoms with van der Waals surface area (Å²) in [5, 5.41) is 8.19. The molecule has 1 aliphatic heterocycles. The Labute approximate surface area is 196 Å². The summed E-state index contributed by atoms with van der Waals surface area (Å²) in [6, 6.07) is 26.9. The third kappa shape index (κ3) is 4.02.